The Morgan fingerprint density at radius 2 is 1.97 bits per heavy atom. The number of amides is 1. The van der Waals surface area contributed by atoms with Gasteiger partial charge in [-0.25, -0.2) is 4.98 Å². The minimum atomic E-state index is -0.0861. The van der Waals surface area contributed by atoms with Crippen molar-refractivity contribution in [3.05, 3.63) is 57.5 Å². The number of fused-ring (bicyclic) bond motifs is 2. The van der Waals surface area contributed by atoms with E-state index < -0.39 is 0 Å². The second kappa shape index (κ2) is 9.70. The van der Waals surface area contributed by atoms with Crippen molar-refractivity contribution < 1.29 is 9.53 Å². The van der Waals surface area contributed by atoms with Crippen LogP contribution in [0.4, 0.5) is 0 Å². The quantitative estimate of drug-likeness (QED) is 0.506. The van der Waals surface area contributed by atoms with Crippen LogP contribution >= 0.6 is 23.1 Å². The Balaban J connectivity index is 1.26. The summed E-state index contributed by atoms with van der Waals surface area (Å²) in [6.45, 7) is 4.85. The minimum absolute atomic E-state index is 0.0752. The van der Waals surface area contributed by atoms with Crippen LogP contribution in [0, 0.1) is 0 Å². The summed E-state index contributed by atoms with van der Waals surface area (Å²) in [5.41, 5.74) is 2.84. The number of nitrogens with zero attached hydrogens (tertiary/aromatic N) is 5. The van der Waals surface area contributed by atoms with Crippen LogP contribution in [0.25, 0.3) is 4.96 Å². The minimum Gasteiger partial charge on any atom is -0.378 e. The van der Waals surface area contributed by atoms with Crippen molar-refractivity contribution in [3.63, 3.8) is 0 Å². The molecule has 0 radical (unpaired) electrons. The maximum atomic E-state index is 13.1. The molecule has 2 aromatic heterocycles. The molecule has 0 N–H and O–H groups in total. The average Bonchev–Trinajstić information content (AvgIpc) is 3.26. The van der Waals surface area contributed by atoms with Crippen LogP contribution in [0.1, 0.15) is 16.8 Å². The van der Waals surface area contributed by atoms with Crippen LogP contribution in [-0.2, 0) is 28.9 Å². The second-order valence-corrected chi connectivity index (χ2v) is 10.1. The molecule has 2 aliphatic heterocycles. The maximum absolute atomic E-state index is 13.1. The Bertz CT molecular complexity index is 1160. The molecule has 1 fully saturated rings. The molecule has 1 aromatic carbocycles. The molecule has 168 valence electrons. The third-order valence-electron chi connectivity index (χ3n) is 5.86. The molecule has 32 heavy (non-hydrogen) atoms. The van der Waals surface area contributed by atoms with E-state index in [0.717, 1.165) is 37.2 Å². The smallest absolute Gasteiger partial charge is 0.279 e. The topological polar surface area (TPSA) is 80.0 Å². The maximum Gasteiger partial charge on any atom is 0.279 e. The van der Waals surface area contributed by atoms with Gasteiger partial charge in [0.15, 0.2) is 4.34 Å². The lowest BCUT2D eigenvalue weighted by molar-refractivity contribution is -0.132. The van der Waals surface area contributed by atoms with E-state index in [0.29, 0.717) is 47.9 Å². The Hall–Kier alpha value is -2.27. The second-order valence-electron chi connectivity index (χ2n) is 7.95. The van der Waals surface area contributed by atoms with E-state index in [2.05, 4.69) is 34.3 Å². The first-order valence-corrected chi connectivity index (χ1v) is 12.6. The van der Waals surface area contributed by atoms with Gasteiger partial charge in [-0.3, -0.25) is 14.5 Å². The summed E-state index contributed by atoms with van der Waals surface area (Å²) in [7, 11) is 0. The van der Waals surface area contributed by atoms with Crippen molar-refractivity contribution in [1.29, 1.82) is 0 Å². The zero-order valence-electron chi connectivity index (χ0n) is 17.7. The Morgan fingerprint density at radius 3 is 2.78 bits per heavy atom. The normalized spacial score (nSPS) is 16.9. The van der Waals surface area contributed by atoms with Crippen molar-refractivity contribution in [3.8, 4) is 0 Å². The molecule has 0 unspecified atom stereocenters. The lowest BCUT2D eigenvalue weighted by Gasteiger charge is -2.27. The summed E-state index contributed by atoms with van der Waals surface area (Å²) in [6, 6.07) is 10.4. The number of hydrogen-bond donors (Lipinski definition) is 0. The van der Waals surface area contributed by atoms with Gasteiger partial charge >= 0.3 is 0 Å². The van der Waals surface area contributed by atoms with Crippen molar-refractivity contribution >= 4 is 34.0 Å². The molecule has 3 aromatic rings. The van der Waals surface area contributed by atoms with Gasteiger partial charge in [0.2, 0.25) is 10.9 Å². The molecule has 0 aliphatic carbocycles. The Kier molecular flexibility index (Phi) is 6.54. The SMILES string of the molecule is O=C(CSc1nn2c(=O)c3c(nc2s1)CCN(CCc1ccccc1)C3)N1CCOCC1. The number of thioether (sulfide) groups is 1. The summed E-state index contributed by atoms with van der Waals surface area (Å²) in [6.07, 6.45) is 1.73. The first-order chi connectivity index (χ1) is 15.7. The summed E-state index contributed by atoms with van der Waals surface area (Å²) < 4.78 is 7.40. The first-order valence-electron chi connectivity index (χ1n) is 10.8. The molecule has 1 amide bonds. The zero-order valence-corrected chi connectivity index (χ0v) is 19.4. The van der Waals surface area contributed by atoms with E-state index >= 15 is 0 Å². The summed E-state index contributed by atoms with van der Waals surface area (Å²) in [5.74, 6) is 0.382. The highest BCUT2D eigenvalue weighted by Gasteiger charge is 2.24. The molecule has 0 saturated carbocycles. The molecular weight excluding hydrogens is 446 g/mol. The summed E-state index contributed by atoms with van der Waals surface area (Å²) >= 11 is 2.75. The van der Waals surface area contributed by atoms with Gasteiger partial charge in [0, 0.05) is 39.1 Å². The van der Waals surface area contributed by atoms with Crippen LogP contribution in [-0.4, -0.2) is 75.5 Å². The van der Waals surface area contributed by atoms with E-state index in [4.69, 9.17) is 9.72 Å². The van der Waals surface area contributed by atoms with E-state index in [9.17, 15) is 9.59 Å². The molecule has 4 heterocycles. The van der Waals surface area contributed by atoms with Crippen molar-refractivity contribution in [1.82, 2.24) is 24.4 Å². The number of ether oxygens (including phenoxy) is 1. The average molecular weight is 472 g/mol. The number of hydrogen-bond acceptors (Lipinski definition) is 8. The van der Waals surface area contributed by atoms with Crippen molar-refractivity contribution in [2.75, 3.05) is 45.1 Å². The van der Waals surface area contributed by atoms with Gasteiger partial charge in [-0.05, 0) is 12.0 Å². The highest BCUT2D eigenvalue weighted by Crippen LogP contribution is 2.25. The molecule has 5 rings (SSSR count). The van der Waals surface area contributed by atoms with Crippen LogP contribution in [0.5, 0.6) is 0 Å². The Morgan fingerprint density at radius 1 is 1.16 bits per heavy atom. The monoisotopic (exact) mass is 471 g/mol. The Labute approximate surface area is 194 Å². The number of morpholine rings is 1. The third kappa shape index (κ3) is 4.73. The lowest BCUT2D eigenvalue weighted by atomic mass is 10.1. The van der Waals surface area contributed by atoms with Gasteiger partial charge in [-0.2, -0.15) is 4.52 Å². The third-order valence-corrected chi connectivity index (χ3v) is 7.89. The molecule has 0 bridgehead atoms. The number of carbonyl (C=O) groups excluding carboxylic acids is 1. The molecule has 10 heteroatoms. The van der Waals surface area contributed by atoms with Crippen LogP contribution in [0.15, 0.2) is 39.5 Å². The van der Waals surface area contributed by atoms with E-state index in [1.807, 2.05) is 11.0 Å². The fourth-order valence-corrected chi connectivity index (χ4v) is 5.89. The van der Waals surface area contributed by atoms with E-state index in [1.54, 1.807) is 0 Å². The highest BCUT2D eigenvalue weighted by molar-refractivity contribution is 8.01. The number of rotatable bonds is 6. The fourth-order valence-electron chi connectivity index (χ4n) is 4.04. The highest BCUT2D eigenvalue weighted by atomic mass is 32.2. The first kappa shape index (κ1) is 21.6. The van der Waals surface area contributed by atoms with Crippen molar-refractivity contribution in [2.24, 2.45) is 0 Å². The predicted molar refractivity (Wildman–Crippen MR) is 124 cm³/mol. The predicted octanol–water partition coefficient (Wildman–Crippen LogP) is 1.70. The van der Waals surface area contributed by atoms with Crippen LogP contribution < -0.4 is 5.56 Å². The molecule has 0 spiro atoms. The largest absolute Gasteiger partial charge is 0.378 e. The molecule has 0 atom stereocenters. The lowest BCUT2D eigenvalue weighted by Crippen LogP contribution is -2.41. The molecule has 8 nitrogen and oxygen atoms in total. The zero-order chi connectivity index (χ0) is 21.9. The summed E-state index contributed by atoms with van der Waals surface area (Å²) in [4.78, 5) is 35.0. The molecule has 2 aliphatic rings. The van der Waals surface area contributed by atoms with Crippen LogP contribution in [0.3, 0.4) is 0 Å². The van der Waals surface area contributed by atoms with Gasteiger partial charge in [-0.1, -0.05) is 53.4 Å². The number of carbonyl (C=O) groups is 1. The van der Waals surface area contributed by atoms with Gasteiger partial charge in [0.05, 0.1) is 30.2 Å². The van der Waals surface area contributed by atoms with Crippen LogP contribution in [0.2, 0.25) is 0 Å². The fraction of sp³-hybridized carbons (Fsp3) is 0.455. The van der Waals surface area contributed by atoms with E-state index in [1.165, 1.54) is 33.2 Å². The van der Waals surface area contributed by atoms with Crippen molar-refractivity contribution in [2.45, 2.75) is 23.7 Å². The molecular formula is C22H25N5O3S2. The standard InChI is InChI=1S/C22H25N5O3S2/c28-19(26-10-12-30-13-11-26)15-31-22-24-27-20(29)17-14-25(8-6-16-4-2-1-3-5-16)9-7-18(17)23-21(27)32-22/h1-5H,6-15H2. The number of benzene rings is 1. The summed E-state index contributed by atoms with van der Waals surface area (Å²) in [5, 5.41) is 4.47. The van der Waals surface area contributed by atoms with Gasteiger partial charge in [0.1, 0.15) is 0 Å². The van der Waals surface area contributed by atoms with Gasteiger partial charge < -0.3 is 9.64 Å². The molecule has 1 saturated heterocycles. The van der Waals surface area contributed by atoms with Gasteiger partial charge in [0.25, 0.3) is 5.56 Å². The number of aromatic nitrogens is 3. The van der Waals surface area contributed by atoms with E-state index in [-0.39, 0.29) is 11.5 Å². The van der Waals surface area contributed by atoms with Gasteiger partial charge in [-0.15, -0.1) is 5.10 Å².